The molecule has 0 spiro atoms. The van der Waals surface area contributed by atoms with Crippen molar-refractivity contribution >= 4 is 22.6 Å². The van der Waals surface area contributed by atoms with Crippen LogP contribution in [0.15, 0.2) is 24.5 Å². The van der Waals surface area contributed by atoms with Crippen molar-refractivity contribution in [1.29, 1.82) is 0 Å². The van der Waals surface area contributed by atoms with Gasteiger partial charge in [0, 0.05) is 13.6 Å². The number of rotatable bonds is 5. The molecule has 0 bridgehead atoms. The van der Waals surface area contributed by atoms with Gasteiger partial charge in [0.05, 0.1) is 22.7 Å². The van der Waals surface area contributed by atoms with Gasteiger partial charge in [0.25, 0.3) is 0 Å². The number of likely N-dealkylation sites (N-methyl/N-ethyl adjacent to an activating group) is 1. The van der Waals surface area contributed by atoms with Crippen LogP contribution in [-0.4, -0.2) is 34.1 Å². The lowest BCUT2D eigenvalue weighted by Gasteiger charge is -2.21. The molecule has 2 rings (SSSR count). The molecular formula is C14H20ClN3. The second kappa shape index (κ2) is 5.72. The van der Waals surface area contributed by atoms with Gasteiger partial charge >= 0.3 is 0 Å². The van der Waals surface area contributed by atoms with Crippen molar-refractivity contribution < 1.29 is 0 Å². The standard InChI is InChI=1S/C14H20ClN3/c1-4-18(5-2)9-12(15)11-6-7-14-13(8-11)16-10-17(14)3/h6-8,10,12H,4-5,9H2,1-3H3. The Morgan fingerprint density at radius 2 is 2.06 bits per heavy atom. The summed E-state index contributed by atoms with van der Waals surface area (Å²) >= 11 is 6.49. The summed E-state index contributed by atoms with van der Waals surface area (Å²) < 4.78 is 2.02. The van der Waals surface area contributed by atoms with Crippen LogP contribution in [0.25, 0.3) is 11.0 Å². The fourth-order valence-electron chi connectivity index (χ4n) is 2.16. The number of fused-ring (bicyclic) bond motifs is 1. The lowest BCUT2D eigenvalue weighted by atomic mass is 10.1. The van der Waals surface area contributed by atoms with Crippen molar-refractivity contribution in [2.75, 3.05) is 19.6 Å². The number of aromatic nitrogens is 2. The third-order valence-corrected chi connectivity index (χ3v) is 3.81. The fourth-order valence-corrected chi connectivity index (χ4v) is 2.49. The van der Waals surface area contributed by atoms with E-state index in [1.807, 2.05) is 17.9 Å². The first kappa shape index (κ1) is 13.4. The summed E-state index contributed by atoms with van der Waals surface area (Å²) in [5.74, 6) is 0. The predicted molar refractivity (Wildman–Crippen MR) is 77.1 cm³/mol. The van der Waals surface area contributed by atoms with Gasteiger partial charge in [-0.1, -0.05) is 19.9 Å². The highest BCUT2D eigenvalue weighted by atomic mass is 35.5. The van der Waals surface area contributed by atoms with E-state index in [2.05, 4.69) is 41.9 Å². The zero-order chi connectivity index (χ0) is 13.1. The minimum absolute atomic E-state index is 0.0244. The second-order valence-electron chi connectivity index (χ2n) is 4.56. The second-order valence-corrected chi connectivity index (χ2v) is 5.08. The van der Waals surface area contributed by atoms with Gasteiger partial charge < -0.3 is 9.47 Å². The third kappa shape index (κ3) is 2.68. The van der Waals surface area contributed by atoms with E-state index in [-0.39, 0.29) is 5.38 Å². The Hall–Kier alpha value is -1.06. The molecule has 1 heterocycles. The zero-order valence-electron chi connectivity index (χ0n) is 11.2. The molecular weight excluding hydrogens is 246 g/mol. The zero-order valence-corrected chi connectivity index (χ0v) is 12.0. The summed E-state index contributed by atoms with van der Waals surface area (Å²) in [4.78, 5) is 6.71. The molecule has 4 heteroatoms. The maximum atomic E-state index is 6.49. The maximum Gasteiger partial charge on any atom is 0.0955 e. The summed E-state index contributed by atoms with van der Waals surface area (Å²) in [5.41, 5.74) is 3.31. The van der Waals surface area contributed by atoms with Gasteiger partial charge in [-0.25, -0.2) is 4.98 Å². The smallest absolute Gasteiger partial charge is 0.0955 e. The van der Waals surface area contributed by atoms with E-state index in [4.69, 9.17) is 11.6 Å². The van der Waals surface area contributed by atoms with Crippen LogP contribution in [0.4, 0.5) is 0 Å². The van der Waals surface area contributed by atoms with Crippen LogP contribution in [0.2, 0.25) is 0 Å². The van der Waals surface area contributed by atoms with Crippen molar-refractivity contribution in [3.05, 3.63) is 30.1 Å². The van der Waals surface area contributed by atoms with Gasteiger partial charge in [0.15, 0.2) is 0 Å². The van der Waals surface area contributed by atoms with E-state index in [9.17, 15) is 0 Å². The Labute approximate surface area is 113 Å². The molecule has 1 aromatic carbocycles. The molecule has 0 aliphatic rings. The number of imidazole rings is 1. The van der Waals surface area contributed by atoms with Crippen molar-refractivity contribution in [3.8, 4) is 0 Å². The predicted octanol–water partition coefficient (Wildman–Crippen LogP) is 3.20. The Kier molecular flexibility index (Phi) is 4.25. The van der Waals surface area contributed by atoms with Gasteiger partial charge in [-0.3, -0.25) is 0 Å². The average Bonchev–Trinajstić information content (AvgIpc) is 2.77. The van der Waals surface area contributed by atoms with Crippen LogP contribution in [0.1, 0.15) is 24.8 Å². The lowest BCUT2D eigenvalue weighted by Crippen LogP contribution is -2.26. The molecule has 0 fully saturated rings. The van der Waals surface area contributed by atoms with Gasteiger partial charge in [-0.05, 0) is 30.8 Å². The van der Waals surface area contributed by atoms with Crippen LogP contribution in [0.3, 0.4) is 0 Å². The highest BCUT2D eigenvalue weighted by molar-refractivity contribution is 6.21. The van der Waals surface area contributed by atoms with Crippen LogP contribution < -0.4 is 0 Å². The van der Waals surface area contributed by atoms with E-state index < -0.39 is 0 Å². The van der Waals surface area contributed by atoms with Crippen LogP contribution in [0.5, 0.6) is 0 Å². The first-order valence-electron chi connectivity index (χ1n) is 6.43. The minimum Gasteiger partial charge on any atom is -0.334 e. The first-order valence-corrected chi connectivity index (χ1v) is 6.86. The molecule has 18 heavy (non-hydrogen) atoms. The molecule has 0 saturated heterocycles. The number of alkyl halides is 1. The number of hydrogen-bond acceptors (Lipinski definition) is 2. The molecule has 0 saturated carbocycles. The number of halogens is 1. The first-order chi connectivity index (χ1) is 8.65. The molecule has 98 valence electrons. The van der Waals surface area contributed by atoms with Crippen LogP contribution in [-0.2, 0) is 7.05 Å². The van der Waals surface area contributed by atoms with E-state index in [1.165, 1.54) is 0 Å². The molecule has 1 atom stereocenters. The Bertz CT molecular complexity index is 517. The largest absolute Gasteiger partial charge is 0.334 e. The van der Waals surface area contributed by atoms with Gasteiger partial charge in [-0.2, -0.15) is 0 Å². The summed E-state index contributed by atoms with van der Waals surface area (Å²) in [5, 5.41) is 0.0244. The number of aryl methyl sites for hydroxylation is 1. The number of benzene rings is 1. The molecule has 3 nitrogen and oxygen atoms in total. The highest BCUT2D eigenvalue weighted by Crippen LogP contribution is 2.24. The monoisotopic (exact) mass is 265 g/mol. The molecule has 0 aliphatic heterocycles. The number of hydrogen-bond donors (Lipinski definition) is 0. The average molecular weight is 266 g/mol. The number of nitrogens with zero attached hydrogens (tertiary/aromatic N) is 3. The molecule has 0 amide bonds. The van der Waals surface area contributed by atoms with Crippen LogP contribution in [0, 0.1) is 0 Å². The van der Waals surface area contributed by atoms with Crippen molar-refractivity contribution in [2.24, 2.45) is 7.05 Å². The Morgan fingerprint density at radius 3 is 2.72 bits per heavy atom. The van der Waals surface area contributed by atoms with Gasteiger partial charge in [0.1, 0.15) is 0 Å². The van der Waals surface area contributed by atoms with Crippen molar-refractivity contribution in [3.63, 3.8) is 0 Å². The molecule has 0 aliphatic carbocycles. The van der Waals surface area contributed by atoms with E-state index >= 15 is 0 Å². The molecule has 0 radical (unpaired) electrons. The molecule has 1 unspecified atom stereocenters. The van der Waals surface area contributed by atoms with Crippen molar-refractivity contribution in [1.82, 2.24) is 14.5 Å². The molecule has 2 aromatic rings. The van der Waals surface area contributed by atoms with E-state index in [0.29, 0.717) is 0 Å². The third-order valence-electron chi connectivity index (χ3n) is 3.42. The summed E-state index contributed by atoms with van der Waals surface area (Å²) in [6.45, 7) is 7.27. The lowest BCUT2D eigenvalue weighted by molar-refractivity contribution is 0.304. The van der Waals surface area contributed by atoms with Crippen molar-refractivity contribution in [2.45, 2.75) is 19.2 Å². The SMILES string of the molecule is CCN(CC)CC(Cl)c1ccc2c(c1)ncn2C. The summed E-state index contributed by atoms with van der Waals surface area (Å²) in [7, 11) is 2.00. The van der Waals surface area contributed by atoms with E-state index in [0.717, 1.165) is 36.2 Å². The Morgan fingerprint density at radius 1 is 1.33 bits per heavy atom. The Balaban J connectivity index is 2.19. The van der Waals surface area contributed by atoms with Gasteiger partial charge in [-0.15, -0.1) is 11.6 Å². The van der Waals surface area contributed by atoms with E-state index in [1.54, 1.807) is 0 Å². The topological polar surface area (TPSA) is 21.1 Å². The highest BCUT2D eigenvalue weighted by Gasteiger charge is 2.13. The molecule has 0 N–H and O–H groups in total. The maximum absolute atomic E-state index is 6.49. The minimum atomic E-state index is 0.0244. The molecule has 1 aromatic heterocycles. The van der Waals surface area contributed by atoms with Gasteiger partial charge in [0.2, 0.25) is 0 Å². The summed E-state index contributed by atoms with van der Waals surface area (Å²) in [6.07, 6.45) is 1.84. The fraction of sp³-hybridized carbons (Fsp3) is 0.500. The summed E-state index contributed by atoms with van der Waals surface area (Å²) in [6, 6.07) is 6.29. The normalized spacial score (nSPS) is 13.4. The quantitative estimate of drug-likeness (QED) is 0.774. The van der Waals surface area contributed by atoms with Crippen LogP contribution >= 0.6 is 11.6 Å².